The molecular formula is C9H11NO2. The molecule has 0 saturated carbocycles. The first-order valence-electron chi connectivity index (χ1n) is 3.81. The molecule has 64 valence electrons. The molecular weight excluding hydrogens is 154 g/mol. The molecule has 0 aromatic heterocycles. The lowest BCUT2D eigenvalue weighted by molar-refractivity contribution is -0.121. The van der Waals surface area contributed by atoms with E-state index < -0.39 is 0 Å². The molecule has 1 atom stereocenters. The fourth-order valence-corrected chi connectivity index (χ4v) is 1.11. The van der Waals surface area contributed by atoms with Gasteiger partial charge in [-0.2, -0.15) is 0 Å². The lowest BCUT2D eigenvalue weighted by Crippen LogP contribution is -2.26. The van der Waals surface area contributed by atoms with Gasteiger partial charge in [0, 0.05) is 0 Å². The molecule has 0 radical (unpaired) electrons. The minimum absolute atomic E-state index is 0.110. The van der Waals surface area contributed by atoms with Crippen molar-refractivity contribution in [3.8, 4) is 0 Å². The van der Waals surface area contributed by atoms with E-state index in [0.29, 0.717) is 0 Å². The Labute approximate surface area is 71.1 Å². The third-order valence-corrected chi connectivity index (χ3v) is 1.67. The van der Waals surface area contributed by atoms with Crippen LogP contribution in [0.25, 0.3) is 0 Å². The van der Waals surface area contributed by atoms with E-state index in [0.717, 1.165) is 0 Å². The fourth-order valence-electron chi connectivity index (χ4n) is 1.11. The van der Waals surface area contributed by atoms with E-state index in [4.69, 9.17) is 0 Å². The summed E-state index contributed by atoms with van der Waals surface area (Å²) in [6, 6.07) is -0.110. The van der Waals surface area contributed by atoms with E-state index in [-0.39, 0.29) is 23.3 Å². The van der Waals surface area contributed by atoms with Crippen LogP contribution in [0.2, 0.25) is 0 Å². The monoisotopic (exact) mass is 165 g/mol. The van der Waals surface area contributed by atoms with Crippen molar-refractivity contribution >= 4 is 11.7 Å². The van der Waals surface area contributed by atoms with E-state index in [9.17, 15) is 9.59 Å². The van der Waals surface area contributed by atoms with Crippen molar-refractivity contribution in [3.63, 3.8) is 0 Å². The maximum atomic E-state index is 11.1. The zero-order valence-corrected chi connectivity index (χ0v) is 7.13. The van der Waals surface area contributed by atoms with Gasteiger partial charge in [-0.15, -0.1) is 0 Å². The van der Waals surface area contributed by atoms with Crippen molar-refractivity contribution in [1.29, 1.82) is 0 Å². The molecule has 3 heteroatoms. The van der Waals surface area contributed by atoms with E-state index in [2.05, 4.69) is 5.32 Å². The highest BCUT2D eigenvalue weighted by Gasteiger charge is 2.23. The molecule has 1 amide bonds. The molecule has 0 aromatic carbocycles. The summed E-state index contributed by atoms with van der Waals surface area (Å²) in [5.74, 6) is -0.454. The molecule has 3 nitrogen and oxygen atoms in total. The zero-order valence-electron chi connectivity index (χ0n) is 7.13. The van der Waals surface area contributed by atoms with Crippen LogP contribution in [0.5, 0.6) is 0 Å². The lowest BCUT2D eigenvalue weighted by Gasteiger charge is -1.99. The third-order valence-electron chi connectivity index (χ3n) is 1.67. The van der Waals surface area contributed by atoms with Crippen molar-refractivity contribution < 1.29 is 9.59 Å². The van der Waals surface area contributed by atoms with Gasteiger partial charge < -0.3 is 5.32 Å². The van der Waals surface area contributed by atoms with Gasteiger partial charge in [-0.25, -0.2) is 0 Å². The molecule has 0 fully saturated rings. The quantitative estimate of drug-likeness (QED) is 0.480. The number of carbonyl (C=O) groups is 2. The lowest BCUT2D eigenvalue weighted by atomic mass is 10.2. The molecule has 0 spiro atoms. The van der Waals surface area contributed by atoms with Crippen LogP contribution in [0.4, 0.5) is 0 Å². The Morgan fingerprint density at radius 3 is 2.75 bits per heavy atom. The highest BCUT2D eigenvalue weighted by atomic mass is 16.2. The number of ketones is 1. The molecule has 0 bridgehead atoms. The summed E-state index contributed by atoms with van der Waals surface area (Å²) >= 11 is 0. The average molecular weight is 165 g/mol. The summed E-state index contributed by atoms with van der Waals surface area (Å²) in [4.78, 5) is 21.9. The fraction of sp³-hybridized carbons (Fsp3) is 0.333. The Balaban J connectivity index is 2.81. The van der Waals surface area contributed by atoms with Crippen molar-refractivity contribution in [1.82, 2.24) is 5.32 Å². The van der Waals surface area contributed by atoms with Gasteiger partial charge in [0.1, 0.15) is 0 Å². The Bertz CT molecular complexity index is 276. The number of Topliss-reactive ketones (excluding diaryl/α,β-unsaturated/α-hetero) is 1. The molecule has 0 saturated heterocycles. The third kappa shape index (κ3) is 1.61. The van der Waals surface area contributed by atoms with Gasteiger partial charge in [-0.3, -0.25) is 9.59 Å². The van der Waals surface area contributed by atoms with Gasteiger partial charge in [0.05, 0.1) is 11.6 Å². The van der Waals surface area contributed by atoms with E-state index in [1.54, 1.807) is 6.08 Å². The first-order valence-corrected chi connectivity index (χ1v) is 3.81. The molecule has 1 unspecified atom stereocenters. The van der Waals surface area contributed by atoms with Crippen LogP contribution in [0.3, 0.4) is 0 Å². The number of nitrogens with one attached hydrogen (secondary N) is 1. The molecule has 12 heavy (non-hydrogen) atoms. The molecule has 0 aromatic rings. The first-order chi connectivity index (χ1) is 5.65. The average Bonchev–Trinajstić information content (AvgIpc) is 2.32. The number of hydrogen-bond acceptors (Lipinski definition) is 2. The minimum Gasteiger partial charge on any atom is -0.342 e. The van der Waals surface area contributed by atoms with Gasteiger partial charge in [0.15, 0.2) is 5.78 Å². The Kier molecular flexibility index (Phi) is 2.43. The zero-order chi connectivity index (χ0) is 9.14. The number of hydrogen-bond donors (Lipinski definition) is 1. The molecule has 0 aliphatic carbocycles. The van der Waals surface area contributed by atoms with Gasteiger partial charge in [-0.05, 0) is 19.9 Å². The highest BCUT2D eigenvalue weighted by Crippen LogP contribution is 2.08. The van der Waals surface area contributed by atoms with Crippen molar-refractivity contribution in [2.75, 3.05) is 0 Å². The predicted octanol–water partition coefficient (Wildman–Crippen LogP) is 0.576. The van der Waals surface area contributed by atoms with Gasteiger partial charge in [0.25, 0.3) is 5.91 Å². The largest absolute Gasteiger partial charge is 0.342 e. The summed E-state index contributed by atoms with van der Waals surface area (Å²) in [5.41, 5.74) is 0.262. The smallest absolute Gasteiger partial charge is 0.255 e. The van der Waals surface area contributed by atoms with Gasteiger partial charge in [-0.1, -0.05) is 12.2 Å². The summed E-state index contributed by atoms with van der Waals surface area (Å²) in [6.07, 6.45) is 5.31. The molecule has 1 aliphatic heterocycles. The number of allylic oxidation sites excluding steroid dienone is 1. The highest BCUT2D eigenvalue weighted by molar-refractivity contribution is 6.20. The summed E-state index contributed by atoms with van der Waals surface area (Å²) in [7, 11) is 0. The molecule has 1 aliphatic rings. The van der Waals surface area contributed by atoms with Crippen LogP contribution in [-0.2, 0) is 9.59 Å². The van der Waals surface area contributed by atoms with Crippen LogP contribution >= 0.6 is 0 Å². The maximum Gasteiger partial charge on any atom is 0.255 e. The Hall–Kier alpha value is -1.38. The molecule has 1 rings (SSSR count). The number of rotatable bonds is 2. The second-order valence-electron chi connectivity index (χ2n) is 2.66. The first kappa shape index (κ1) is 8.71. The molecule has 1 heterocycles. The second-order valence-corrected chi connectivity index (χ2v) is 2.66. The van der Waals surface area contributed by atoms with Crippen LogP contribution in [0.1, 0.15) is 13.8 Å². The van der Waals surface area contributed by atoms with E-state index in [1.165, 1.54) is 6.92 Å². The standard InChI is InChI=1S/C9H11NO2/c1-3-4-7-5-8(6(2)11)9(12)10-7/h3-5,7H,1-2H3,(H,10,12)/b4-3+. The predicted molar refractivity (Wildman–Crippen MR) is 45.5 cm³/mol. The van der Waals surface area contributed by atoms with Crippen molar-refractivity contribution in [2.45, 2.75) is 19.9 Å². The van der Waals surface area contributed by atoms with E-state index in [1.807, 2.05) is 19.1 Å². The maximum absolute atomic E-state index is 11.1. The van der Waals surface area contributed by atoms with E-state index >= 15 is 0 Å². The second kappa shape index (κ2) is 3.34. The van der Waals surface area contributed by atoms with Crippen LogP contribution < -0.4 is 5.32 Å². The van der Waals surface area contributed by atoms with Crippen LogP contribution in [0, 0.1) is 0 Å². The summed E-state index contributed by atoms with van der Waals surface area (Å²) in [6.45, 7) is 3.26. The van der Waals surface area contributed by atoms with Crippen molar-refractivity contribution in [3.05, 3.63) is 23.8 Å². The van der Waals surface area contributed by atoms with Crippen LogP contribution in [0.15, 0.2) is 23.8 Å². The Morgan fingerprint density at radius 2 is 2.33 bits per heavy atom. The number of amides is 1. The normalized spacial score (nSPS) is 22.7. The Morgan fingerprint density at radius 1 is 1.67 bits per heavy atom. The molecule has 1 N–H and O–H groups in total. The number of carbonyl (C=O) groups excluding carboxylic acids is 2. The minimum atomic E-state index is -0.273. The van der Waals surface area contributed by atoms with Gasteiger partial charge in [0.2, 0.25) is 0 Å². The summed E-state index contributed by atoms with van der Waals surface area (Å²) in [5, 5.41) is 2.65. The SMILES string of the molecule is C/C=C/C1C=C(C(C)=O)C(=O)N1. The summed E-state index contributed by atoms with van der Waals surface area (Å²) < 4.78 is 0. The topological polar surface area (TPSA) is 46.2 Å². The van der Waals surface area contributed by atoms with Gasteiger partial charge >= 0.3 is 0 Å². The van der Waals surface area contributed by atoms with Crippen molar-refractivity contribution in [2.24, 2.45) is 0 Å². The van der Waals surface area contributed by atoms with Crippen LogP contribution in [-0.4, -0.2) is 17.7 Å².